The SMILES string of the molecule is COCCC(C)(CN)N(C)C. The largest absolute Gasteiger partial charge is 0.385 e. The fourth-order valence-corrected chi connectivity index (χ4v) is 0.830. The summed E-state index contributed by atoms with van der Waals surface area (Å²) in [7, 11) is 5.80. The van der Waals surface area contributed by atoms with E-state index in [9.17, 15) is 0 Å². The molecule has 0 saturated carbocycles. The van der Waals surface area contributed by atoms with Crippen LogP contribution in [0.4, 0.5) is 0 Å². The van der Waals surface area contributed by atoms with Crippen molar-refractivity contribution in [1.29, 1.82) is 0 Å². The van der Waals surface area contributed by atoms with Gasteiger partial charge in [0, 0.05) is 25.8 Å². The first kappa shape index (κ1) is 10.9. The Bertz CT molecular complexity index is 106. The van der Waals surface area contributed by atoms with Crippen molar-refractivity contribution in [2.75, 3.05) is 34.4 Å². The zero-order valence-electron chi connectivity index (χ0n) is 8.05. The highest BCUT2D eigenvalue weighted by molar-refractivity contribution is 4.83. The second-order valence-electron chi connectivity index (χ2n) is 3.34. The van der Waals surface area contributed by atoms with Gasteiger partial charge in [0.25, 0.3) is 0 Å². The molecule has 0 aromatic carbocycles. The molecule has 68 valence electrons. The summed E-state index contributed by atoms with van der Waals surface area (Å²) in [6.07, 6.45) is 0.979. The van der Waals surface area contributed by atoms with Crippen molar-refractivity contribution in [3.8, 4) is 0 Å². The van der Waals surface area contributed by atoms with E-state index < -0.39 is 0 Å². The van der Waals surface area contributed by atoms with E-state index >= 15 is 0 Å². The van der Waals surface area contributed by atoms with Crippen molar-refractivity contribution in [3.05, 3.63) is 0 Å². The van der Waals surface area contributed by atoms with Crippen LogP contribution in [0.25, 0.3) is 0 Å². The molecular formula is C8H20N2O. The maximum atomic E-state index is 5.65. The van der Waals surface area contributed by atoms with Crippen LogP contribution in [-0.2, 0) is 4.74 Å². The van der Waals surface area contributed by atoms with E-state index in [1.165, 1.54) is 0 Å². The number of ether oxygens (including phenoxy) is 1. The van der Waals surface area contributed by atoms with E-state index in [2.05, 4.69) is 11.8 Å². The minimum atomic E-state index is 0.0794. The molecule has 11 heavy (non-hydrogen) atoms. The van der Waals surface area contributed by atoms with Crippen LogP contribution in [0, 0.1) is 0 Å². The van der Waals surface area contributed by atoms with Gasteiger partial charge in [-0.25, -0.2) is 0 Å². The predicted octanol–water partition coefficient (Wildman–Crippen LogP) is 0.302. The highest BCUT2D eigenvalue weighted by Gasteiger charge is 2.24. The Kier molecular flexibility index (Phi) is 4.65. The molecule has 1 unspecified atom stereocenters. The lowest BCUT2D eigenvalue weighted by Gasteiger charge is -2.35. The van der Waals surface area contributed by atoms with Gasteiger partial charge in [0.2, 0.25) is 0 Å². The molecule has 0 spiro atoms. The normalized spacial score (nSPS) is 16.9. The maximum absolute atomic E-state index is 5.65. The van der Waals surface area contributed by atoms with Crippen LogP contribution >= 0.6 is 0 Å². The van der Waals surface area contributed by atoms with Crippen LogP contribution in [-0.4, -0.2) is 44.8 Å². The standard InChI is InChI=1S/C8H20N2O/c1-8(7-9,10(2)3)5-6-11-4/h5-7,9H2,1-4H3. The number of nitrogens with zero attached hydrogens (tertiary/aromatic N) is 1. The molecule has 0 amide bonds. The third-order valence-corrected chi connectivity index (χ3v) is 2.36. The molecule has 1 atom stereocenters. The summed E-state index contributed by atoms with van der Waals surface area (Å²) in [6.45, 7) is 3.58. The first-order valence-corrected chi connectivity index (χ1v) is 3.93. The molecule has 3 nitrogen and oxygen atoms in total. The van der Waals surface area contributed by atoms with Gasteiger partial charge in [-0.2, -0.15) is 0 Å². The number of methoxy groups -OCH3 is 1. The monoisotopic (exact) mass is 160 g/mol. The Morgan fingerprint density at radius 3 is 2.27 bits per heavy atom. The van der Waals surface area contributed by atoms with Crippen LogP contribution < -0.4 is 5.73 Å². The van der Waals surface area contributed by atoms with Crippen molar-refractivity contribution >= 4 is 0 Å². The molecule has 0 aliphatic rings. The summed E-state index contributed by atoms with van der Waals surface area (Å²) in [6, 6.07) is 0. The molecular weight excluding hydrogens is 140 g/mol. The fraction of sp³-hybridized carbons (Fsp3) is 1.00. The molecule has 0 aromatic heterocycles. The second kappa shape index (κ2) is 4.70. The van der Waals surface area contributed by atoms with Crippen LogP contribution in [0.1, 0.15) is 13.3 Å². The zero-order chi connectivity index (χ0) is 8.91. The van der Waals surface area contributed by atoms with Crippen molar-refractivity contribution in [2.24, 2.45) is 5.73 Å². The van der Waals surface area contributed by atoms with Crippen LogP contribution in [0.15, 0.2) is 0 Å². The minimum absolute atomic E-state index is 0.0794. The van der Waals surface area contributed by atoms with Gasteiger partial charge in [-0.3, -0.25) is 0 Å². The topological polar surface area (TPSA) is 38.5 Å². The third-order valence-electron chi connectivity index (χ3n) is 2.36. The van der Waals surface area contributed by atoms with E-state index in [4.69, 9.17) is 10.5 Å². The smallest absolute Gasteiger partial charge is 0.0480 e. The van der Waals surface area contributed by atoms with Gasteiger partial charge in [0.15, 0.2) is 0 Å². The molecule has 0 bridgehead atoms. The van der Waals surface area contributed by atoms with E-state index in [-0.39, 0.29) is 5.54 Å². The summed E-state index contributed by atoms with van der Waals surface area (Å²) in [5.41, 5.74) is 5.73. The Morgan fingerprint density at radius 1 is 1.45 bits per heavy atom. The maximum Gasteiger partial charge on any atom is 0.0480 e. The number of rotatable bonds is 5. The second-order valence-corrected chi connectivity index (χ2v) is 3.34. The molecule has 0 aliphatic heterocycles. The van der Waals surface area contributed by atoms with Gasteiger partial charge in [-0.05, 0) is 27.4 Å². The quantitative estimate of drug-likeness (QED) is 0.628. The Hall–Kier alpha value is -0.120. The first-order valence-electron chi connectivity index (χ1n) is 3.93. The molecule has 0 radical (unpaired) electrons. The van der Waals surface area contributed by atoms with Crippen LogP contribution in [0.2, 0.25) is 0 Å². The average molecular weight is 160 g/mol. The zero-order valence-corrected chi connectivity index (χ0v) is 8.05. The van der Waals surface area contributed by atoms with Crippen molar-refractivity contribution < 1.29 is 4.74 Å². The molecule has 0 aliphatic carbocycles. The summed E-state index contributed by atoms with van der Waals surface area (Å²) in [5, 5.41) is 0. The lowest BCUT2D eigenvalue weighted by Crippen LogP contribution is -2.48. The van der Waals surface area contributed by atoms with Crippen molar-refractivity contribution in [3.63, 3.8) is 0 Å². The van der Waals surface area contributed by atoms with Crippen molar-refractivity contribution in [2.45, 2.75) is 18.9 Å². The van der Waals surface area contributed by atoms with E-state index in [1.54, 1.807) is 7.11 Å². The number of hydrogen-bond acceptors (Lipinski definition) is 3. The molecule has 3 heteroatoms. The number of hydrogen-bond donors (Lipinski definition) is 1. The molecule has 0 saturated heterocycles. The fourth-order valence-electron chi connectivity index (χ4n) is 0.830. The molecule has 0 heterocycles. The van der Waals surface area contributed by atoms with Crippen molar-refractivity contribution in [1.82, 2.24) is 4.90 Å². The van der Waals surface area contributed by atoms with Crippen LogP contribution in [0.3, 0.4) is 0 Å². The third kappa shape index (κ3) is 3.18. The first-order chi connectivity index (χ1) is 5.06. The van der Waals surface area contributed by atoms with E-state index in [0.29, 0.717) is 6.54 Å². The lowest BCUT2D eigenvalue weighted by atomic mass is 9.97. The Balaban J connectivity index is 3.88. The summed E-state index contributed by atoms with van der Waals surface area (Å²) in [4.78, 5) is 2.14. The van der Waals surface area contributed by atoms with Gasteiger partial charge >= 0.3 is 0 Å². The Labute approximate surface area is 69.5 Å². The molecule has 2 N–H and O–H groups in total. The van der Waals surface area contributed by atoms with E-state index in [0.717, 1.165) is 13.0 Å². The highest BCUT2D eigenvalue weighted by Crippen LogP contribution is 2.13. The lowest BCUT2D eigenvalue weighted by molar-refractivity contribution is 0.107. The summed E-state index contributed by atoms with van der Waals surface area (Å²) in [5.74, 6) is 0. The van der Waals surface area contributed by atoms with Gasteiger partial charge in [0.1, 0.15) is 0 Å². The molecule has 0 rings (SSSR count). The van der Waals surface area contributed by atoms with Gasteiger partial charge in [-0.15, -0.1) is 0 Å². The summed E-state index contributed by atoms with van der Waals surface area (Å²) < 4.78 is 5.01. The molecule has 0 fully saturated rings. The number of nitrogens with two attached hydrogens (primary N) is 1. The van der Waals surface area contributed by atoms with Gasteiger partial charge < -0.3 is 15.4 Å². The van der Waals surface area contributed by atoms with Gasteiger partial charge in [0.05, 0.1) is 0 Å². The molecule has 0 aromatic rings. The highest BCUT2D eigenvalue weighted by atomic mass is 16.5. The number of likely N-dealkylation sites (N-methyl/N-ethyl adjacent to an activating group) is 1. The predicted molar refractivity (Wildman–Crippen MR) is 47.6 cm³/mol. The van der Waals surface area contributed by atoms with Crippen LogP contribution in [0.5, 0.6) is 0 Å². The minimum Gasteiger partial charge on any atom is -0.385 e. The summed E-state index contributed by atoms with van der Waals surface area (Å²) >= 11 is 0. The van der Waals surface area contributed by atoms with Gasteiger partial charge in [-0.1, -0.05) is 0 Å². The Morgan fingerprint density at radius 2 is 2.00 bits per heavy atom. The van der Waals surface area contributed by atoms with E-state index in [1.807, 2.05) is 14.1 Å². The average Bonchev–Trinajstić information content (AvgIpc) is 2.00.